The number of rotatable bonds is 6. The van der Waals surface area contributed by atoms with Crippen molar-refractivity contribution in [3.63, 3.8) is 0 Å². The summed E-state index contributed by atoms with van der Waals surface area (Å²) >= 11 is 0. The van der Waals surface area contributed by atoms with E-state index in [0.29, 0.717) is 12.4 Å². The Morgan fingerprint density at radius 1 is 1.19 bits per heavy atom. The lowest BCUT2D eigenvalue weighted by Crippen LogP contribution is -2.12. The Bertz CT molecular complexity index is 601. The predicted molar refractivity (Wildman–Crippen MR) is 81.1 cm³/mol. The molecule has 0 aliphatic carbocycles. The molecule has 1 unspecified atom stereocenters. The third-order valence-electron chi connectivity index (χ3n) is 3.33. The Morgan fingerprint density at radius 2 is 2.00 bits per heavy atom. The molecule has 112 valence electrons. The van der Waals surface area contributed by atoms with Crippen LogP contribution in [0.1, 0.15) is 24.1 Å². The Morgan fingerprint density at radius 3 is 2.67 bits per heavy atom. The summed E-state index contributed by atoms with van der Waals surface area (Å²) < 4.78 is 24.8. The largest absolute Gasteiger partial charge is 0.454 e. The highest BCUT2D eigenvalue weighted by atomic mass is 19.1. The van der Waals surface area contributed by atoms with E-state index in [0.717, 1.165) is 11.1 Å². The van der Waals surface area contributed by atoms with Crippen molar-refractivity contribution in [2.24, 2.45) is 0 Å². The minimum atomic E-state index is -0.369. The third-order valence-corrected chi connectivity index (χ3v) is 3.33. The van der Waals surface area contributed by atoms with Gasteiger partial charge in [0.1, 0.15) is 5.75 Å². The van der Waals surface area contributed by atoms with Crippen molar-refractivity contribution < 1.29 is 13.9 Å². The highest BCUT2D eigenvalue weighted by molar-refractivity contribution is 5.36. The first-order valence-electron chi connectivity index (χ1n) is 6.86. The van der Waals surface area contributed by atoms with Gasteiger partial charge >= 0.3 is 0 Å². The summed E-state index contributed by atoms with van der Waals surface area (Å²) in [6.07, 6.45) is 0. The second-order valence-electron chi connectivity index (χ2n) is 4.88. The van der Waals surface area contributed by atoms with Crippen LogP contribution in [0.5, 0.6) is 11.5 Å². The fourth-order valence-corrected chi connectivity index (χ4v) is 2.03. The van der Waals surface area contributed by atoms with Gasteiger partial charge in [0.05, 0.1) is 6.61 Å². The van der Waals surface area contributed by atoms with Crippen molar-refractivity contribution in [2.75, 3.05) is 14.2 Å². The van der Waals surface area contributed by atoms with Gasteiger partial charge in [-0.3, -0.25) is 0 Å². The van der Waals surface area contributed by atoms with E-state index in [-0.39, 0.29) is 17.6 Å². The van der Waals surface area contributed by atoms with Crippen LogP contribution in [0, 0.1) is 5.82 Å². The monoisotopic (exact) mass is 289 g/mol. The van der Waals surface area contributed by atoms with Gasteiger partial charge in [0.15, 0.2) is 11.6 Å². The van der Waals surface area contributed by atoms with E-state index in [1.807, 2.05) is 38.2 Å². The van der Waals surface area contributed by atoms with E-state index in [1.165, 1.54) is 6.07 Å². The Balaban J connectivity index is 2.18. The van der Waals surface area contributed by atoms with Crippen molar-refractivity contribution in [1.29, 1.82) is 0 Å². The van der Waals surface area contributed by atoms with Crippen molar-refractivity contribution >= 4 is 0 Å². The molecule has 0 fully saturated rings. The minimum Gasteiger partial charge on any atom is -0.454 e. The molecule has 2 aromatic carbocycles. The molecule has 0 aromatic heterocycles. The van der Waals surface area contributed by atoms with Gasteiger partial charge in [-0.05, 0) is 49.4 Å². The molecule has 0 aliphatic heterocycles. The highest BCUT2D eigenvalue weighted by Gasteiger charge is 2.09. The molecule has 1 atom stereocenters. The number of nitrogens with one attached hydrogen (secondary N) is 1. The third kappa shape index (κ3) is 4.03. The number of hydrogen-bond donors (Lipinski definition) is 1. The van der Waals surface area contributed by atoms with Crippen LogP contribution in [0.25, 0.3) is 0 Å². The lowest BCUT2D eigenvalue weighted by molar-refractivity contribution is 0.184. The minimum absolute atomic E-state index is 0.0959. The number of halogens is 1. The molecule has 0 saturated carbocycles. The van der Waals surface area contributed by atoms with E-state index < -0.39 is 0 Å². The summed E-state index contributed by atoms with van der Waals surface area (Å²) in [5, 5.41) is 3.08. The van der Waals surface area contributed by atoms with Gasteiger partial charge < -0.3 is 14.8 Å². The fraction of sp³-hybridized carbons (Fsp3) is 0.294. The molecule has 0 heterocycles. The number of ether oxygens (including phenoxy) is 2. The molecule has 1 N–H and O–H groups in total. The molecule has 0 spiro atoms. The maximum atomic E-state index is 14.1. The first kappa shape index (κ1) is 15.5. The zero-order chi connectivity index (χ0) is 15.2. The summed E-state index contributed by atoms with van der Waals surface area (Å²) in [5.41, 5.74) is 1.87. The average Bonchev–Trinajstić information content (AvgIpc) is 2.49. The molecule has 2 aromatic rings. The molecule has 0 bridgehead atoms. The van der Waals surface area contributed by atoms with E-state index in [4.69, 9.17) is 9.47 Å². The van der Waals surface area contributed by atoms with Crippen LogP contribution in [-0.2, 0) is 11.3 Å². The van der Waals surface area contributed by atoms with Gasteiger partial charge in [-0.2, -0.15) is 0 Å². The van der Waals surface area contributed by atoms with Crippen molar-refractivity contribution in [3.8, 4) is 11.5 Å². The second kappa shape index (κ2) is 7.20. The van der Waals surface area contributed by atoms with Crippen LogP contribution in [0.4, 0.5) is 4.39 Å². The van der Waals surface area contributed by atoms with Gasteiger partial charge in [-0.15, -0.1) is 0 Å². The molecule has 21 heavy (non-hydrogen) atoms. The summed E-state index contributed by atoms with van der Waals surface area (Å²) in [7, 11) is 3.48. The van der Waals surface area contributed by atoms with Crippen LogP contribution >= 0.6 is 0 Å². The second-order valence-corrected chi connectivity index (χ2v) is 4.88. The fourth-order valence-electron chi connectivity index (χ4n) is 2.03. The summed E-state index contributed by atoms with van der Waals surface area (Å²) in [5.74, 6) is 0.446. The van der Waals surface area contributed by atoms with E-state index in [9.17, 15) is 4.39 Å². The van der Waals surface area contributed by atoms with Crippen LogP contribution in [-0.4, -0.2) is 14.2 Å². The number of hydrogen-bond acceptors (Lipinski definition) is 3. The Kier molecular flexibility index (Phi) is 5.31. The first-order chi connectivity index (χ1) is 10.1. The molecule has 4 heteroatoms. The van der Waals surface area contributed by atoms with E-state index in [1.54, 1.807) is 19.2 Å². The topological polar surface area (TPSA) is 30.5 Å². The van der Waals surface area contributed by atoms with Crippen LogP contribution in [0.3, 0.4) is 0 Å². The highest BCUT2D eigenvalue weighted by Crippen LogP contribution is 2.27. The first-order valence-corrected chi connectivity index (χ1v) is 6.86. The van der Waals surface area contributed by atoms with E-state index in [2.05, 4.69) is 5.32 Å². The molecular weight excluding hydrogens is 269 g/mol. The molecule has 3 nitrogen and oxygen atoms in total. The molecule has 2 rings (SSSR count). The predicted octanol–water partition coefficient (Wildman–Crippen LogP) is 4.04. The van der Waals surface area contributed by atoms with Crippen molar-refractivity contribution in [1.82, 2.24) is 5.32 Å². The summed E-state index contributed by atoms with van der Waals surface area (Å²) in [4.78, 5) is 0. The van der Waals surface area contributed by atoms with Gasteiger partial charge in [0.2, 0.25) is 0 Å². The maximum absolute atomic E-state index is 14.1. The molecule has 0 aliphatic rings. The van der Waals surface area contributed by atoms with Gasteiger partial charge in [-0.25, -0.2) is 4.39 Å². The molecular formula is C17H20FNO2. The lowest BCUT2D eigenvalue weighted by Gasteiger charge is -2.13. The summed E-state index contributed by atoms with van der Waals surface area (Å²) in [6, 6.07) is 12.5. The van der Waals surface area contributed by atoms with Crippen LogP contribution in [0.2, 0.25) is 0 Å². The Labute approximate surface area is 124 Å². The van der Waals surface area contributed by atoms with Crippen molar-refractivity contribution in [3.05, 3.63) is 59.4 Å². The number of benzene rings is 2. The van der Waals surface area contributed by atoms with Crippen LogP contribution < -0.4 is 10.1 Å². The van der Waals surface area contributed by atoms with Crippen molar-refractivity contribution in [2.45, 2.75) is 19.6 Å². The lowest BCUT2D eigenvalue weighted by atomic mass is 10.1. The molecule has 0 radical (unpaired) electrons. The maximum Gasteiger partial charge on any atom is 0.166 e. The van der Waals surface area contributed by atoms with Gasteiger partial charge in [0.25, 0.3) is 0 Å². The molecule has 0 saturated heterocycles. The van der Waals surface area contributed by atoms with E-state index >= 15 is 0 Å². The van der Waals surface area contributed by atoms with Gasteiger partial charge in [0, 0.05) is 13.2 Å². The van der Waals surface area contributed by atoms with Crippen LogP contribution in [0.15, 0.2) is 42.5 Å². The zero-order valence-corrected chi connectivity index (χ0v) is 12.5. The standard InChI is InChI=1S/C17H20FNO2/c1-12(19-2)14-7-8-17(16(18)10-14)21-15-6-4-5-13(9-15)11-20-3/h4-10,12,19H,11H2,1-3H3. The smallest absolute Gasteiger partial charge is 0.166 e. The SMILES string of the molecule is CNC(C)c1ccc(Oc2cccc(COC)c2)c(F)c1. The summed E-state index contributed by atoms with van der Waals surface area (Å²) in [6.45, 7) is 2.47. The normalized spacial score (nSPS) is 12.2. The molecule has 0 amide bonds. The Hall–Kier alpha value is -1.91. The number of methoxy groups -OCH3 is 1. The van der Waals surface area contributed by atoms with Gasteiger partial charge in [-0.1, -0.05) is 18.2 Å². The average molecular weight is 289 g/mol. The quantitative estimate of drug-likeness (QED) is 0.870. The zero-order valence-electron chi connectivity index (χ0n) is 12.5.